The summed E-state index contributed by atoms with van der Waals surface area (Å²) in [7, 11) is -3.45. The standard InChI is InChI=1S/C15H24N2O4S/c1-5-21-14-8-6-13(7-9-14)17(22(4,19)20)11-10-15(18)16-12(2)3/h6-9,12H,5,10-11H2,1-4H3,(H,16,18). The first-order chi connectivity index (χ1) is 10.2. The van der Waals surface area contributed by atoms with Crippen molar-refractivity contribution in [2.45, 2.75) is 33.2 Å². The van der Waals surface area contributed by atoms with Crippen LogP contribution in [0.4, 0.5) is 5.69 Å². The van der Waals surface area contributed by atoms with Crippen molar-refractivity contribution in [2.75, 3.05) is 23.7 Å². The Balaban J connectivity index is 2.83. The van der Waals surface area contributed by atoms with Gasteiger partial charge < -0.3 is 10.1 Å². The third-order valence-corrected chi connectivity index (χ3v) is 4.02. The van der Waals surface area contributed by atoms with Gasteiger partial charge in [-0.1, -0.05) is 0 Å². The molecular formula is C15H24N2O4S. The van der Waals surface area contributed by atoms with Crippen molar-refractivity contribution in [1.82, 2.24) is 5.32 Å². The van der Waals surface area contributed by atoms with Crippen LogP contribution in [0.1, 0.15) is 27.2 Å². The lowest BCUT2D eigenvalue weighted by atomic mass is 10.3. The molecule has 22 heavy (non-hydrogen) atoms. The highest BCUT2D eigenvalue weighted by Gasteiger charge is 2.18. The number of nitrogens with zero attached hydrogens (tertiary/aromatic N) is 1. The fourth-order valence-electron chi connectivity index (χ4n) is 1.96. The maximum absolute atomic E-state index is 11.9. The number of rotatable bonds is 8. The predicted molar refractivity (Wildman–Crippen MR) is 87.7 cm³/mol. The van der Waals surface area contributed by atoms with Crippen molar-refractivity contribution in [3.63, 3.8) is 0 Å². The van der Waals surface area contributed by atoms with E-state index < -0.39 is 10.0 Å². The summed E-state index contributed by atoms with van der Waals surface area (Å²) in [5.41, 5.74) is 0.517. The Kier molecular flexibility index (Phi) is 6.67. The Hall–Kier alpha value is -1.76. The number of hydrogen-bond donors (Lipinski definition) is 1. The van der Waals surface area contributed by atoms with E-state index in [9.17, 15) is 13.2 Å². The molecule has 0 saturated carbocycles. The summed E-state index contributed by atoms with van der Waals surface area (Å²) in [5.74, 6) is 0.506. The van der Waals surface area contributed by atoms with Crippen molar-refractivity contribution in [3.8, 4) is 5.75 Å². The van der Waals surface area contributed by atoms with Crippen molar-refractivity contribution in [2.24, 2.45) is 0 Å². The van der Waals surface area contributed by atoms with Gasteiger partial charge in [-0.3, -0.25) is 9.10 Å². The molecule has 0 atom stereocenters. The largest absolute Gasteiger partial charge is 0.494 e. The molecule has 0 aliphatic carbocycles. The number of carbonyl (C=O) groups excluding carboxylic acids is 1. The first-order valence-electron chi connectivity index (χ1n) is 7.24. The molecule has 1 rings (SSSR count). The number of ether oxygens (including phenoxy) is 1. The number of benzene rings is 1. The maximum atomic E-state index is 11.9. The third kappa shape index (κ3) is 5.93. The van der Waals surface area contributed by atoms with E-state index in [1.807, 2.05) is 20.8 Å². The van der Waals surface area contributed by atoms with Crippen LogP contribution in [0.2, 0.25) is 0 Å². The van der Waals surface area contributed by atoms with Gasteiger partial charge in [0.05, 0.1) is 18.6 Å². The Morgan fingerprint density at radius 2 is 1.86 bits per heavy atom. The Bertz CT molecular complexity index is 582. The quantitative estimate of drug-likeness (QED) is 0.789. The highest BCUT2D eigenvalue weighted by Crippen LogP contribution is 2.21. The molecule has 0 saturated heterocycles. The molecule has 1 amide bonds. The van der Waals surface area contributed by atoms with E-state index in [1.165, 1.54) is 4.31 Å². The van der Waals surface area contributed by atoms with E-state index in [4.69, 9.17) is 4.74 Å². The van der Waals surface area contributed by atoms with Crippen LogP contribution in [0.15, 0.2) is 24.3 Å². The van der Waals surface area contributed by atoms with E-state index in [-0.39, 0.29) is 24.9 Å². The van der Waals surface area contributed by atoms with Crippen molar-refractivity contribution in [3.05, 3.63) is 24.3 Å². The predicted octanol–water partition coefficient (Wildman–Crippen LogP) is 1.77. The average Bonchev–Trinajstić information content (AvgIpc) is 2.38. The van der Waals surface area contributed by atoms with E-state index in [1.54, 1.807) is 24.3 Å². The van der Waals surface area contributed by atoms with Gasteiger partial charge in [0.15, 0.2) is 0 Å². The van der Waals surface area contributed by atoms with Crippen LogP contribution in [0.3, 0.4) is 0 Å². The molecule has 0 radical (unpaired) electrons. The van der Waals surface area contributed by atoms with Crippen molar-refractivity contribution >= 4 is 21.6 Å². The van der Waals surface area contributed by atoms with Gasteiger partial charge in [-0.15, -0.1) is 0 Å². The third-order valence-electron chi connectivity index (χ3n) is 2.83. The number of carbonyl (C=O) groups is 1. The number of amides is 1. The molecular weight excluding hydrogens is 304 g/mol. The molecule has 1 aromatic rings. The molecule has 0 bridgehead atoms. The topological polar surface area (TPSA) is 75.7 Å². The van der Waals surface area contributed by atoms with Gasteiger partial charge in [0, 0.05) is 19.0 Å². The summed E-state index contributed by atoms with van der Waals surface area (Å²) in [6.45, 7) is 6.25. The second-order valence-corrected chi connectivity index (χ2v) is 7.14. The van der Waals surface area contributed by atoms with Gasteiger partial charge in [0.2, 0.25) is 15.9 Å². The molecule has 1 N–H and O–H groups in total. The lowest BCUT2D eigenvalue weighted by Gasteiger charge is -2.22. The van der Waals surface area contributed by atoms with E-state index in [2.05, 4.69) is 5.32 Å². The van der Waals surface area contributed by atoms with E-state index >= 15 is 0 Å². The SMILES string of the molecule is CCOc1ccc(N(CCC(=O)NC(C)C)S(C)(=O)=O)cc1. The van der Waals surface area contributed by atoms with Crippen LogP contribution in [-0.2, 0) is 14.8 Å². The van der Waals surface area contributed by atoms with Gasteiger partial charge in [-0.2, -0.15) is 0 Å². The smallest absolute Gasteiger partial charge is 0.232 e. The Morgan fingerprint density at radius 3 is 2.32 bits per heavy atom. The van der Waals surface area contributed by atoms with Gasteiger partial charge in [0.1, 0.15) is 5.75 Å². The molecule has 0 aliphatic heterocycles. The van der Waals surface area contributed by atoms with Crippen LogP contribution in [0.25, 0.3) is 0 Å². The lowest BCUT2D eigenvalue weighted by molar-refractivity contribution is -0.121. The fraction of sp³-hybridized carbons (Fsp3) is 0.533. The first-order valence-corrected chi connectivity index (χ1v) is 9.08. The average molecular weight is 328 g/mol. The van der Waals surface area contributed by atoms with Crippen LogP contribution in [0.5, 0.6) is 5.75 Å². The summed E-state index contributed by atoms with van der Waals surface area (Å²) in [6, 6.07) is 6.81. The van der Waals surface area contributed by atoms with Gasteiger partial charge in [-0.05, 0) is 45.0 Å². The summed E-state index contributed by atoms with van der Waals surface area (Å²) in [4.78, 5) is 11.7. The van der Waals surface area contributed by atoms with Crippen LogP contribution >= 0.6 is 0 Å². The zero-order valence-corrected chi connectivity index (χ0v) is 14.3. The summed E-state index contributed by atoms with van der Waals surface area (Å²) in [6.07, 6.45) is 1.24. The fourth-order valence-corrected chi connectivity index (χ4v) is 2.89. The van der Waals surface area contributed by atoms with Gasteiger partial charge >= 0.3 is 0 Å². The normalized spacial score (nSPS) is 11.3. The minimum absolute atomic E-state index is 0.0321. The summed E-state index contributed by atoms with van der Waals surface area (Å²) >= 11 is 0. The van der Waals surface area contributed by atoms with E-state index in [0.29, 0.717) is 18.0 Å². The van der Waals surface area contributed by atoms with Crippen molar-refractivity contribution in [1.29, 1.82) is 0 Å². The highest BCUT2D eigenvalue weighted by atomic mass is 32.2. The molecule has 1 aromatic carbocycles. The van der Waals surface area contributed by atoms with Crippen LogP contribution in [0, 0.1) is 0 Å². The molecule has 0 unspecified atom stereocenters. The molecule has 0 spiro atoms. The number of nitrogens with one attached hydrogen (secondary N) is 1. The lowest BCUT2D eigenvalue weighted by Crippen LogP contribution is -2.36. The molecule has 0 fully saturated rings. The highest BCUT2D eigenvalue weighted by molar-refractivity contribution is 7.92. The monoisotopic (exact) mass is 328 g/mol. The van der Waals surface area contributed by atoms with Gasteiger partial charge in [-0.25, -0.2) is 8.42 Å². The summed E-state index contributed by atoms with van der Waals surface area (Å²) in [5, 5.41) is 2.75. The molecule has 0 aliphatic rings. The Morgan fingerprint density at radius 1 is 1.27 bits per heavy atom. The minimum Gasteiger partial charge on any atom is -0.494 e. The van der Waals surface area contributed by atoms with Crippen LogP contribution < -0.4 is 14.4 Å². The second-order valence-electron chi connectivity index (χ2n) is 5.23. The van der Waals surface area contributed by atoms with Gasteiger partial charge in [0.25, 0.3) is 0 Å². The number of hydrogen-bond acceptors (Lipinski definition) is 4. The first kappa shape index (κ1) is 18.3. The molecule has 124 valence electrons. The molecule has 7 heteroatoms. The maximum Gasteiger partial charge on any atom is 0.232 e. The zero-order valence-electron chi connectivity index (χ0n) is 13.5. The molecule has 0 aromatic heterocycles. The second kappa shape index (κ2) is 8.03. The Labute approximate surface area is 132 Å². The zero-order chi connectivity index (χ0) is 16.8. The number of sulfonamides is 1. The van der Waals surface area contributed by atoms with Crippen LogP contribution in [-0.4, -0.2) is 39.8 Å². The molecule has 0 heterocycles. The van der Waals surface area contributed by atoms with E-state index in [0.717, 1.165) is 6.26 Å². The number of anilines is 1. The molecule has 6 nitrogen and oxygen atoms in total. The van der Waals surface area contributed by atoms with Crippen molar-refractivity contribution < 1.29 is 17.9 Å². The minimum atomic E-state index is -3.45. The summed E-state index contributed by atoms with van der Waals surface area (Å²) < 4.78 is 30.4.